The second-order valence-electron chi connectivity index (χ2n) is 5.73. The average molecular weight is 378 g/mol. The van der Waals surface area contributed by atoms with Gasteiger partial charge in [0, 0.05) is 16.7 Å². The molecule has 0 N–H and O–H groups in total. The summed E-state index contributed by atoms with van der Waals surface area (Å²) in [7, 11) is 0. The van der Waals surface area contributed by atoms with Gasteiger partial charge in [-0.15, -0.1) is 0 Å². The van der Waals surface area contributed by atoms with E-state index in [4.69, 9.17) is 9.73 Å². The number of hydrogen-bond donors (Lipinski definition) is 0. The van der Waals surface area contributed by atoms with Crippen molar-refractivity contribution in [2.24, 2.45) is 4.99 Å². The topological polar surface area (TPSA) is 21.6 Å². The number of halogens is 1. The van der Waals surface area contributed by atoms with Gasteiger partial charge in [-0.1, -0.05) is 82.7 Å². The van der Waals surface area contributed by atoms with Gasteiger partial charge in [-0.3, -0.25) is 0 Å². The fourth-order valence-electron chi connectivity index (χ4n) is 3.07. The Labute approximate surface area is 150 Å². The first-order valence-corrected chi connectivity index (χ1v) is 9.00. The van der Waals surface area contributed by atoms with Crippen molar-refractivity contribution < 1.29 is 4.74 Å². The van der Waals surface area contributed by atoms with E-state index in [1.807, 2.05) is 66.7 Å². The van der Waals surface area contributed by atoms with Crippen LogP contribution in [0.3, 0.4) is 0 Å². The van der Waals surface area contributed by atoms with Crippen molar-refractivity contribution in [3.05, 3.63) is 102 Å². The summed E-state index contributed by atoms with van der Waals surface area (Å²) in [6, 6.07) is 28.5. The summed E-state index contributed by atoms with van der Waals surface area (Å²) < 4.78 is 6.52. The van der Waals surface area contributed by atoms with Crippen LogP contribution in [-0.4, -0.2) is 11.2 Å². The maximum Gasteiger partial charge on any atom is 0.222 e. The molecule has 2 nitrogen and oxygen atoms in total. The van der Waals surface area contributed by atoms with E-state index in [1.54, 1.807) is 0 Å². The van der Waals surface area contributed by atoms with Crippen molar-refractivity contribution in [2.75, 3.05) is 5.33 Å². The highest BCUT2D eigenvalue weighted by molar-refractivity contribution is 9.09. The van der Waals surface area contributed by atoms with Crippen LogP contribution < -0.4 is 0 Å². The molecule has 3 aromatic carbocycles. The summed E-state index contributed by atoms with van der Waals surface area (Å²) in [4.78, 5) is 4.76. The minimum atomic E-state index is -0.592. The fourth-order valence-corrected chi connectivity index (χ4v) is 3.81. The lowest BCUT2D eigenvalue weighted by molar-refractivity contribution is 0.121. The zero-order valence-corrected chi connectivity index (χ0v) is 14.6. The van der Waals surface area contributed by atoms with Crippen molar-refractivity contribution in [3.63, 3.8) is 0 Å². The summed E-state index contributed by atoms with van der Waals surface area (Å²) in [5, 5.41) is 0.646. The van der Waals surface area contributed by atoms with Crippen molar-refractivity contribution in [2.45, 2.75) is 5.60 Å². The Morgan fingerprint density at radius 1 is 0.792 bits per heavy atom. The minimum absolute atomic E-state index is 0.592. The minimum Gasteiger partial charge on any atom is -0.460 e. The molecule has 1 aliphatic heterocycles. The quantitative estimate of drug-likeness (QED) is 0.557. The predicted octanol–water partition coefficient (Wildman–Crippen LogP) is 5.43. The third kappa shape index (κ3) is 2.45. The molecule has 1 aliphatic rings. The summed E-state index contributed by atoms with van der Waals surface area (Å²) in [6.45, 7) is 0. The number of ether oxygens (including phenoxy) is 1. The van der Waals surface area contributed by atoms with Crippen molar-refractivity contribution in [3.8, 4) is 0 Å². The number of nitrogens with zero attached hydrogens (tertiary/aromatic N) is 1. The first kappa shape index (κ1) is 15.2. The maximum atomic E-state index is 6.52. The molecule has 118 valence electrons. The summed E-state index contributed by atoms with van der Waals surface area (Å²) in [5.74, 6) is 0.651. The van der Waals surface area contributed by atoms with Gasteiger partial charge in [0.25, 0.3) is 0 Å². The van der Waals surface area contributed by atoms with Crippen LogP contribution in [-0.2, 0) is 10.3 Å². The molecule has 24 heavy (non-hydrogen) atoms. The first-order chi connectivity index (χ1) is 11.8. The number of rotatable bonds is 3. The molecule has 0 fully saturated rings. The Kier molecular flexibility index (Phi) is 3.95. The molecule has 4 rings (SSSR count). The van der Waals surface area contributed by atoms with Crippen molar-refractivity contribution in [1.29, 1.82) is 0 Å². The Balaban J connectivity index is 1.94. The zero-order chi connectivity index (χ0) is 16.4. The van der Waals surface area contributed by atoms with Crippen molar-refractivity contribution in [1.82, 2.24) is 0 Å². The maximum absolute atomic E-state index is 6.52. The molecule has 0 aromatic heterocycles. The smallest absolute Gasteiger partial charge is 0.222 e. The molecule has 0 aliphatic carbocycles. The van der Waals surface area contributed by atoms with E-state index in [1.165, 1.54) is 0 Å². The van der Waals surface area contributed by atoms with E-state index in [-0.39, 0.29) is 0 Å². The lowest BCUT2D eigenvalue weighted by atomic mass is 9.86. The van der Waals surface area contributed by atoms with Crippen LogP contribution >= 0.6 is 15.9 Å². The summed E-state index contributed by atoms with van der Waals surface area (Å²) in [6.07, 6.45) is 0. The van der Waals surface area contributed by atoms with Crippen LogP contribution in [0.1, 0.15) is 16.7 Å². The highest BCUT2D eigenvalue weighted by Gasteiger charge is 2.41. The van der Waals surface area contributed by atoms with Gasteiger partial charge < -0.3 is 4.74 Å². The van der Waals surface area contributed by atoms with Crippen LogP contribution in [0, 0.1) is 0 Å². The van der Waals surface area contributed by atoms with Gasteiger partial charge in [-0.2, -0.15) is 0 Å². The van der Waals surface area contributed by atoms with Gasteiger partial charge in [0.2, 0.25) is 5.90 Å². The van der Waals surface area contributed by atoms with E-state index in [0.717, 1.165) is 22.4 Å². The number of benzene rings is 3. The zero-order valence-electron chi connectivity index (χ0n) is 13.0. The standard InChI is InChI=1S/C21H16BrNO/c22-15-21(17-11-5-2-6-12-17)18-13-7-8-14-19(18)23-20(24-21)16-9-3-1-4-10-16/h1-14H,15H2/t21-/m1/s1. The second kappa shape index (κ2) is 6.25. The van der Waals surface area contributed by atoms with Gasteiger partial charge in [0.05, 0.1) is 11.0 Å². The van der Waals surface area contributed by atoms with Gasteiger partial charge in [0.15, 0.2) is 5.60 Å². The molecule has 0 spiro atoms. The van der Waals surface area contributed by atoms with Crippen LogP contribution in [0.4, 0.5) is 5.69 Å². The summed E-state index contributed by atoms with van der Waals surface area (Å²) in [5.41, 5.74) is 3.52. The van der Waals surface area contributed by atoms with E-state index in [0.29, 0.717) is 11.2 Å². The molecule has 0 saturated carbocycles. The summed E-state index contributed by atoms with van der Waals surface area (Å²) >= 11 is 3.69. The number of para-hydroxylation sites is 1. The Hall–Kier alpha value is -2.39. The molecular weight excluding hydrogens is 362 g/mol. The van der Waals surface area contributed by atoms with Crippen LogP contribution in [0.25, 0.3) is 0 Å². The average Bonchev–Trinajstić information content (AvgIpc) is 2.68. The molecule has 3 heteroatoms. The first-order valence-electron chi connectivity index (χ1n) is 7.87. The molecule has 0 unspecified atom stereocenters. The Bertz CT molecular complexity index is 877. The molecular formula is C21H16BrNO. The van der Waals surface area contributed by atoms with Crippen LogP contribution in [0.15, 0.2) is 89.9 Å². The molecule has 0 saturated heterocycles. The van der Waals surface area contributed by atoms with Crippen molar-refractivity contribution >= 4 is 27.5 Å². The molecule has 0 radical (unpaired) electrons. The lowest BCUT2D eigenvalue weighted by Gasteiger charge is -2.38. The lowest BCUT2D eigenvalue weighted by Crippen LogP contribution is -2.38. The third-order valence-electron chi connectivity index (χ3n) is 4.28. The van der Waals surface area contributed by atoms with Crippen LogP contribution in [0.5, 0.6) is 0 Å². The number of hydrogen-bond acceptors (Lipinski definition) is 2. The molecule has 0 bridgehead atoms. The van der Waals surface area contributed by atoms with E-state index in [9.17, 15) is 0 Å². The van der Waals surface area contributed by atoms with E-state index >= 15 is 0 Å². The van der Waals surface area contributed by atoms with Gasteiger partial charge in [-0.25, -0.2) is 4.99 Å². The highest BCUT2D eigenvalue weighted by Crippen LogP contribution is 2.44. The monoisotopic (exact) mass is 377 g/mol. The molecule has 0 amide bonds. The fraction of sp³-hybridized carbons (Fsp3) is 0.0952. The second-order valence-corrected chi connectivity index (χ2v) is 6.29. The van der Waals surface area contributed by atoms with Gasteiger partial charge in [0.1, 0.15) is 0 Å². The third-order valence-corrected chi connectivity index (χ3v) is 5.07. The molecule has 3 aromatic rings. The van der Waals surface area contributed by atoms with E-state index < -0.39 is 5.60 Å². The largest absolute Gasteiger partial charge is 0.460 e. The number of aliphatic imine (C=N–C) groups is 1. The number of fused-ring (bicyclic) bond motifs is 1. The van der Waals surface area contributed by atoms with Gasteiger partial charge >= 0.3 is 0 Å². The number of alkyl halides is 1. The Morgan fingerprint density at radius 2 is 1.42 bits per heavy atom. The Morgan fingerprint density at radius 3 is 2.12 bits per heavy atom. The SMILES string of the molecule is BrC[C@]1(c2ccccc2)OC(c2ccccc2)=Nc2ccccc21. The highest BCUT2D eigenvalue weighted by atomic mass is 79.9. The predicted molar refractivity (Wildman–Crippen MR) is 101 cm³/mol. The molecule has 1 atom stereocenters. The normalized spacial score (nSPS) is 19.1. The van der Waals surface area contributed by atoms with Crippen LogP contribution in [0.2, 0.25) is 0 Å². The van der Waals surface area contributed by atoms with E-state index in [2.05, 4.69) is 34.1 Å². The van der Waals surface area contributed by atoms with Gasteiger partial charge in [-0.05, 0) is 18.2 Å². The molecule has 1 heterocycles.